The van der Waals surface area contributed by atoms with Crippen LogP contribution < -0.4 is 10.5 Å². The largest absolute Gasteiger partial charge is 0.284 e. The highest BCUT2D eigenvalue weighted by Crippen LogP contribution is 2.29. The number of thiazole rings is 1. The number of hydrogen-bond donors (Lipinski definition) is 0. The molecule has 0 fully saturated rings. The Morgan fingerprint density at radius 3 is 2.34 bits per heavy atom. The number of amides is 1. The van der Waals surface area contributed by atoms with Crippen LogP contribution in [0.3, 0.4) is 0 Å². The van der Waals surface area contributed by atoms with Crippen LogP contribution in [0.15, 0.2) is 77.6 Å². The third-order valence-corrected chi connectivity index (χ3v) is 6.45. The fraction of sp³-hybridized carbons (Fsp3) is 0.120. The number of anilines is 1. The molecule has 2 heterocycles. The second-order valence-electron chi connectivity index (χ2n) is 7.38. The van der Waals surface area contributed by atoms with Gasteiger partial charge in [0.2, 0.25) is 0 Å². The maximum atomic E-state index is 13.2. The first-order valence-corrected chi connectivity index (χ1v) is 11.1. The first kappa shape index (κ1) is 20.1. The summed E-state index contributed by atoms with van der Waals surface area (Å²) in [6, 6.07) is 22.2. The molecular weight excluding hydrogens is 420 g/mol. The van der Waals surface area contributed by atoms with E-state index in [9.17, 15) is 9.59 Å². The Kier molecular flexibility index (Phi) is 5.03. The number of benzene rings is 3. The quantitative estimate of drug-likeness (QED) is 0.396. The van der Waals surface area contributed by atoms with Gasteiger partial charge in [-0.15, -0.1) is 0 Å². The number of carbonyl (C=O) groups excluding carboxylic acids is 1. The van der Waals surface area contributed by atoms with Crippen LogP contribution in [0.2, 0.25) is 0 Å². The van der Waals surface area contributed by atoms with Gasteiger partial charge in [0.15, 0.2) is 5.13 Å². The predicted octanol–water partition coefficient (Wildman–Crippen LogP) is 4.97. The standard InChI is InChI=1S/C25H20N4O2S/c1-3-28(25-27-21-10-6-7-11-22(21)32-25)23(30)17-12-14-18(15-13-17)29-16(2)26-20-9-5-4-8-19(20)24(29)31/h4-15H,3H2,1-2H3. The van der Waals surface area contributed by atoms with Crippen molar-refractivity contribution in [3.63, 3.8) is 0 Å². The van der Waals surface area contributed by atoms with E-state index in [1.165, 1.54) is 11.3 Å². The lowest BCUT2D eigenvalue weighted by atomic mass is 10.1. The van der Waals surface area contributed by atoms with Crippen molar-refractivity contribution in [2.24, 2.45) is 0 Å². The molecule has 0 aliphatic heterocycles. The number of fused-ring (bicyclic) bond motifs is 2. The molecule has 0 N–H and O–H groups in total. The molecule has 0 radical (unpaired) electrons. The van der Waals surface area contributed by atoms with E-state index in [2.05, 4.69) is 9.97 Å². The van der Waals surface area contributed by atoms with Gasteiger partial charge in [-0.1, -0.05) is 35.6 Å². The summed E-state index contributed by atoms with van der Waals surface area (Å²) >= 11 is 1.50. The zero-order valence-corrected chi connectivity index (χ0v) is 18.5. The van der Waals surface area contributed by atoms with Gasteiger partial charge < -0.3 is 0 Å². The molecule has 0 saturated carbocycles. The number of carbonyl (C=O) groups is 1. The van der Waals surface area contributed by atoms with E-state index in [0.29, 0.717) is 39.7 Å². The molecule has 0 aliphatic rings. The minimum absolute atomic E-state index is 0.126. The Morgan fingerprint density at radius 1 is 0.938 bits per heavy atom. The first-order chi connectivity index (χ1) is 15.6. The van der Waals surface area contributed by atoms with Crippen LogP contribution in [0.1, 0.15) is 23.1 Å². The molecule has 32 heavy (non-hydrogen) atoms. The Morgan fingerprint density at radius 2 is 1.62 bits per heavy atom. The van der Waals surface area contributed by atoms with Crippen molar-refractivity contribution in [3.05, 3.63) is 94.5 Å². The van der Waals surface area contributed by atoms with E-state index in [0.717, 1.165) is 10.2 Å². The highest BCUT2D eigenvalue weighted by molar-refractivity contribution is 7.22. The van der Waals surface area contributed by atoms with E-state index >= 15 is 0 Å². The zero-order valence-electron chi connectivity index (χ0n) is 17.6. The average molecular weight is 441 g/mol. The molecule has 6 nitrogen and oxygen atoms in total. The second-order valence-corrected chi connectivity index (χ2v) is 8.39. The molecular formula is C25H20N4O2S. The smallest absolute Gasteiger partial charge is 0.265 e. The molecule has 2 aromatic heterocycles. The predicted molar refractivity (Wildman–Crippen MR) is 129 cm³/mol. The van der Waals surface area contributed by atoms with Crippen molar-refractivity contribution >= 4 is 43.5 Å². The highest BCUT2D eigenvalue weighted by Gasteiger charge is 2.20. The summed E-state index contributed by atoms with van der Waals surface area (Å²) in [7, 11) is 0. The Balaban J connectivity index is 1.50. The maximum Gasteiger partial charge on any atom is 0.265 e. The lowest BCUT2D eigenvalue weighted by Crippen LogP contribution is -2.30. The van der Waals surface area contributed by atoms with Gasteiger partial charge in [-0.05, 0) is 62.4 Å². The van der Waals surface area contributed by atoms with Crippen LogP contribution in [-0.2, 0) is 0 Å². The molecule has 5 rings (SSSR count). The third-order valence-electron chi connectivity index (χ3n) is 5.39. The summed E-state index contributed by atoms with van der Waals surface area (Å²) in [6.07, 6.45) is 0. The third kappa shape index (κ3) is 3.36. The highest BCUT2D eigenvalue weighted by atomic mass is 32.1. The monoisotopic (exact) mass is 440 g/mol. The summed E-state index contributed by atoms with van der Waals surface area (Å²) in [6.45, 7) is 4.24. The number of hydrogen-bond acceptors (Lipinski definition) is 5. The van der Waals surface area contributed by atoms with Gasteiger partial charge in [-0.3, -0.25) is 19.1 Å². The van der Waals surface area contributed by atoms with E-state index in [1.54, 1.807) is 46.7 Å². The molecule has 5 aromatic rings. The van der Waals surface area contributed by atoms with Crippen LogP contribution in [0, 0.1) is 6.92 Å². The summed E-state index contributed by atoms with van der Waals surface area (Å²) in [4.78, 5) is 37.1. The number of rotatable bonds is 4. The zero-order chi connectivity index (χ0) is 22.2. The molecule has 0 atom stereocenters. The normalized spacial score (nSPS) is 11.2. The van der Waals surface area contributed by atoms with Gasteiger partial charge in [0.25, 0.3) is 11.5 Å². The number of nitrogens with zero attached hydrogens (tertiary/aromatic N) is 4. The van der Waals surface area contributed by atoms with Crippen LogP contribution in [-0.4, -0.2) is 27.0 Å². The van der Waals surface area contributed by atoms with E-state index in [4.69, 9.17) is 0 Å². The van der Waals surface area contributed by atoms with Crippen molar-refractivity contribution in [2.45, 2.75) is 13.8 Å². The van der Waals surface area contributed by atoms with Gasteiger partial charge in [0.1, 0.15) is 5.82 Å². The lowest BCUT2D eigenvalue weighted by molar-refractivity contribution is 0.0988. The van der Waals surface area contributed by atoms with Crippen molar-refractivity contribution in [3.8, 4) is 5.69 Å². The van der Waals surface area contributed by atoms with Crippen LogP contribution in [0.4, 0.5) is 5.13 Å². The lowest BCUT2D eigenvalue weighted by Gasteiger charge is -2.18. The topological polar surface area (TPSA) is 68.1 Å². The minimum Gasteiger partial charge on any atom is -0.284 e. The summed E-state index contributed by atoms with van der Waals surface area (Å²) in [5.74, 6) is 0.469. The van der Waals surface area contributed by atoms with Gasteiger partial charge in [-0.2, -0.15) is 0 Å². The molecule has 158 valence electrons. The van der Waals surface area contributed by atoms with E-state index < -0.39 is 0 Å². The van der Waals surface area contributed by atoms with Gasteiger partial charge >= 0.3 is 0 Å². The van der Waals surface area contributed by atoms with Crippen LogP contribution >= 0.6 is 11.3 Å². The fourth-order valence-corrected chi connectivity index (χ4v) is 4.83. The van der Waals surface area contributed by atoms with Gasteiger partial charge in [0.05, 0.1) is 26.8 Å². The molecule has 1 amide bonds. The Bertz CT molecular complexity index is 1490. The molecule has 0 aliphatic carbocycles. The SMILES string of the molecule is CCN(C(=O)c1ccc(-n2c(C)nc3ccccc3c2=O)cc1)c1nc2ccccc2s1. The Labute approximate surface area is 188 Å². The molecule has 7 heteroatoms. The molecule has 0 bridgehead atoms. The fourth-order valence-electron chi connectivity index (χ4n) is 3.80. The number of aromatic nitrogens is 3. The van der Waals surface area contributed by atoms with Crippen molar-refractivity contribution in [1.29, 1.82) is 0 Å². The van der Waals surface area contributed by atoms with Gasteiger partial charge in [0, 0.05) is 12.1 Å². The summed E-state index contributed by atoms with van der Waals surface area (Å²) in [5, 5.41) is 1.24. The molecule has 0 unspecified atom stereocenters. The number of para-hydroxylation sites is 2. The molecule has 0 saturated heterocycles. The molecule has 3 aromatic carbocycles. The van der Waals surface area contributed by atoms with E-state index in [-0.39, 0.29) is 11.5 Å². The second kappa shape index (κ2) is 8.01. The average Bonchev–Trinajstić information content (AvgIpc) is 3.24. The number of aryl methyl sites for hydroxylation is 1. The summed E-state index contributed by atoms with van der Waals surface area (Å²) < 4.78 is 2.62. The summed E-state index contributed by atoms with van der Waals surface area (Å²) in [5.41, 5.74) is 2.64. The van der Waals surface area contributed by atoms with Crippen LogP contribution in [0.25, 0.3) is 26.8 Å². The molecule has 0 spiro atoms. The minimum atomic E-state index is -0.128. The maximum absolute atomic E-state index is 13.2. The van der Waals surface area contributed by atoms with Crippen molar-refractivity contribution in [2.75, 3.05) is 11.4 Å². The van der Waals surface area contributed by atoms with Crippen molar-refractivity contribution in [1.82, 2.24) is 14.5 Å². The van der Waals surface area contributed by atoms with Crippen LogP contribution in [0.5, 0.6) is 0 Å². The van der Waals surface area contributed by atoms with Crippen molar-refractivity contribution < 1.29 is 4.79 Å². The van der Waals surface area contributed by atoms with E-state index in [1.807, 2.05) is 49.4 Å². The Hall–Kier alpha value is -3.84. The first-order valence-electron chi connectivity index (χ1n) is 10.3. The van der Waals surface area contributed by atoms with Gasteiger partial charge in [-0.25, -0.2) is 9.97 Å².